The van der Waals surface area contributed by atoms with E-state index in [4.69, 9.17) is 0 Å². The van der Waals surface area contributed by atoms with Gasteiger partial charge < -0.3 is 4.90 Å². The molecule has 146 valence electrons. The van der Waals surface area contributed by atoms with Crippen LogP contribution in [0.2, 0.25) is 0 Å². The van der Waals surface area contributed by atoms with Crippen molar-refractivity contribution in [1.29, 1.82) is 0 Å². The van der Waals surface area contributed by atoms with E-state index in [1.807, 2.05) is 36.5 Å². The van der Waals surface area contributed by atoms with Gasteiger partial charge in [0.25, 0.3) is 0 Å². The van der Waals surface area contributed by atoms with E-state index >= 15 is 4.39 Å². The van der Waals surface area contributed by atoms with Crippen LogP contribution in [0.15, 0.2) is 54.6 Å². The third kappa shape index (κ3) is 3.34. The molecular weight excluding hydrogens is 381 g/mol. The Morgan fingerprint density at radius 2 is 1.93 bits per heavy atom. The van der Waals surface area contributed by atoms with E-state index in [-0.39, 0.29) is 11.7 Å². The van der Waals surface area contributed by atoms with Crippen LogP contribution < -0.4 is 0 Å². The summed E-state index contributed by atoms with van der Waals surface area (Å²) in [6.07, 6.45) is 0.986. The van der Waals surface area contributed by atoms with Crippen molar-refractivity contribution in [2.24, 2.45) is 0 Å². The third-order valence-corrected chi connectivity index (χ3v) is 6.97. The maximum absolute atomic E-state index is 15.7. The molecule has 0 fully saturated rings. The van der Waals surface area contributed by atoms with Gasteiger partial charge in [-0.2, -0.15) is 10.2 Å². The fraction of sp³-hybridized carbons (Fsp3) is 0.250. The summed E-state index contributed by atoms with van der Waals surface area (Å²) in [5, 5.41) is 9.57. The monoisotopic (exact) mass is 403 g/mol. The second kappa shape index (κ2) is 7.32. The van der Waals surface area contributed by atoms with Crippen LogP contribution in [0.25, 0.3) is 21.3 Å². The van der Waals surface area contributed by atoms with Crippen LogP contribution in [0.1, 0.15) is 34.0 Å². The van der Waals surface area contributed by atoms with Gasteiger partial charge in [0, 0.05) is 33.2 Å². The van der Waals surface area contributed by atoms with Crippen LogP contribution >= 0.6 is 11.3 Å². The molecule has 1 aliphatic rings. The summed E-state index contributed by atoms with van der Waals surface area (Å²) in [7, 11) is 2.06. The zero-order chi connectivity index (χ0) is 20.0. The topological polar surface area (TPSA) is 29.0 Å². The van der Waals surface area contributed by atoms with Crippen molar-refractivity contribution in [3.05, 3.63) is 82.1 Å². The molecule has 5 heteroatoms. The Morgan fingerprint density at radius 3 is 2.72 bits per heavy atom. The molecule has 0 radical (unpaired) electrons. The molecule has 1 aliphatic heterocycles. The standard InChI is InChI=1S/C24H22FN3S/c1-15-7-10-21(27-26-15)19-9-8-17-18(11-12-28(2)14-20(17)24(19)25)23-13-16-5-3-4-6-22(16)29-23/h3-10,13,18H,11-12,14H2,1-2H3. The number of benzene rings is 2. The number of aryl methyl sites for hydroxylation is 1. The van der Waals surface area contributed by atoms with Gasteiger partial charge in [0.05, 0.1) is 11.4 Å². The minimum Gasteiger partial charge on any atom is -0.302 e. The average Bonchev–Trinajstić information content (AvgIpc) is 3.07. The van der Waals surface area contributed by atoms with Gasteiger partial charge in [-0.1, -0.05) is 24.3 Å². The van der Waals surface area contributed by atoms with Crippen LogP contribution in [0.5, 0.6) is 0 Å². The largest absolute Gasteiger partial charge is 0.302 e. The second-order valence-corrected chi connectivity index (χ2v) is 8.94. The number of halogens is 1. The Bertz CT molecular complexity index is 1150. The highest BCUT2D eigenvalue weighted by atomic mass is 32.1. The average molecular weight is 404 g/mol. The predicted molar refractivity (Wildman–Crippen MR) is 117 cm³/mol. The first-order valence-corrected chi connectivity index (χ1v) is 10.7. The minimum atomic E-state index is -0.166. The molecule has 0 N–H and O–H groups in total. The minimum absolute atomic E-state index is 0.166. The van der Waals surface area contributed by atoms with Gasteiger partial charge >= 0.3 is 0 Å². The first-order valence-electron chi connectivity index (χ1n) is 9.89. The Hall–Kier alpha value is -2.63. The molecule has 3 nitrogen and oxygen atoms in total. The number of thiophene rings is 1. The van der Waals surface area contributed by atoms with E-state index in [1.165, 1.54) is 15.0 Å². The summed E-state index contributed by atoms with van der Waals surface area (Å²) in [6.45, 7) is 3.43. The summed E-state index contributed by atoms with van der Waals surface area (Å²) in [5.41, 5.74) is 3.82. The molecule has 3 heterocycles. The Morgan fingerprint density at radius 1 is 1.07 bits per heavy atom. The highest BCUT2D eigenvalue weighted by molar-refractivity contribution is 7.19. The molecule has 4 aromatic rings. The lowest BCUT2D eigenvalue weighted by Gasteiger charge is -2.18. The van der Waals surface area contributed by atoms with Crippen LogP contribution in [0.3, 0.4) is 0 Å². The van der Waals surface area contributed by atoms with Crippen molar-refractivity contribution in [1.82, 2.24) is 15.1 Å². The summed E-state index contributed by atoms with van der Waals surface area (Å²) < 4.78 is 17.0. The summed E-state index contributed by atoms with van der Waals surface area (Å²) in [6, 6.07) is 18.4. The number of aromatic nitrogens is 2. The van der Waals surface area contributed by atoms with Crippen molar-refractivity contribution in [3.63, 3.8) is 0 Å². The molecule has 29 heavy (non-hydrogen) atoms. The molecule has 1 unspecified atom stereocenters. The van der Waals surface area contributed by atoms with Gasteiger partial charge in [0.2, 0.25) is 0 Å². The number of hydrogen-bond donors (Lipinski definition) is 0. The molecule has 0 aliphatic carbocycles. The van der Waals surface area contributed by atoms with Crippen molar-refractivity contribution in [3.8, 4) is 11.3 Å². The van der Waals surface area contributed by atoms with E-state index in [1.54, 1.807) is 0 Å². The molecule has 0 amide bonds. The lowest BCUT2D eigenvalue weighted by Crippen LogP contribution is -2.18. The molecule has 1 atom stereocenters. The van der Waals surface area contributed by atoms with Crippen LogP contribution in [0.4, 0.5) is 4.39 Å². The highest BCUT2D eigenvalue weighted by Crippen LogP contribution is 2.41. The number of fused-ring (bicyclic) bond motifs is 2. The van der Waals surface area contributed by atoms with E-state index in [0.717, 1.165) is 29.8 Å². The maximum atomic E-state index is 15.7. The quantitative estimate of drug-likeness (QED) is 0.425. The first kappa shape index (κ1) is 18.4. The summed E-state index contributed by atoms with van der Waals surface area (Å²) >= 11 is 1.82. The van der Waals surface area contributed by atoms with Crippen LogP contribution in [-0.2, 0) is 6.54 Å². The van der Waals surface area contributed by atoms with Gasteiger partial charge in [-0.3, -0.25) is 0 Å². The molecule has 5 rings (SSSR count). The van der Waals surface area contributed by atoms with Crippen molar-refractivity contribution in [2.75, 3.05) is 13.6 Å². The smallest absolute Gasteiger partial charge is 0.137 e. The first-order chi connectivity index (χ1) is 14.1. The second-order valence-electron chi connectivity index (χ2n) is 7.82. The number of hydrogen-bond acceptors (Lipinski definition) is 4. The number of nitrogens with zero attached hydrogens (tertiary/aromatic N) is 3. The van der Waals surface area contributed by atoms with E-state index in [9.17, 15) is 0 Å². The van der Waals surface area contributed by atoms with Gasteiger partial charge in [0.1, 0.15) is 5.82 Å². The van der Waals surface area contributed by atoms with Crippen LogP contribution in [0, 0.1) is 12.7 Å². The normalized spacial score (nSPS) is 17.3. The molecule has 0 bridgehead atoms. The summed E-state index contributed by atoms with van der Waals surface area (Å²) in [4.78, 5) is 3.52. The van der Waals surface area contributed by atoms with Gasteiger partial charge in [-0.05, 0) is 68.2 Å². The fourth-order valence-corrected chi connectivity index (χ4v) is 5.41. The zero-order valence-electron chi connectivity index (χ0n) is 16.5. The van der Waals surface area contributed by atoms with Crippen LogP contribution in [-0.4, -0.2) is 28.7 Å². The SMILES string of the molecule is Cc1ccc(-c2ccc3c(c2F)CN(C)CCC3c2cc3ccccc3s2)nn1. The number of rotatable bonds is 2. The summed E-state index contributed by atoms with van der Waals surface area (Å²) in [5.74, 6) is 0.0421. The Balaban J connectivity index is 1.64. The highest BCUT2D eigenvalue weighted by Gasteiger charge is 2.27. The van der Waals surface area contributed by atoms with Crippen molar-refractivity contribution < 1.29 is 4.39 Å². The van der Waals surface area contributed by atoms with E-state index in [2.05, 4.69) is 58.5 Å². The Labute approximate surface area is 173 Å². The predicted octanol–water partition coefficient (Wildman–Crippen LogP) is 5.77. The van der Waals surface area contributed by atoms with Crippen molar-refractivity contribution >= 4 is 21.4 Å². The van der Waals surface area contributed by atoms with E-state index in [0.29, 0.717) is 17.8 Å². The third-order valence-electron chi connectivity index (χ3n) is 5.74. The van der Waals surface area contributed by atoms with E-state index < -0.39 is 0 Å². The van der Waals surface area contributed by atoms with Crippen molar-refractivity contribution in [2.45, 2.75) is 25.8 Å². The lowest BCUT2D eigenvalue weighted by molar-refractivity contribution is 0.324. The van der Waals surface area contributed by atoms with Gasteiger partial charge in [-0.25, -0.2) is 4.39 Å². The fourth-order valence-electron chi connectivity index (χ4n) is 4.19. The molecule has 2 aromatic heterocycles. The Kier molecular flexibility index (Phi) is 4.64. The maximum Gasteiger partial charge on any atom is 0.137 e. The molecular formula is C24H22FN3S. The van der Waals surface area contributed by atoms with Gasteiger partial charge in [-0.15, -0.1) is 11.3 Å². The molecule has 0 saturated heterocycles. The van der Waals surface area contributed by atoms with Gasteiger partial charge in [0.15, 0.2) is 0 Å². The zero-order valence-corrected chi connectivity index (χ0v) is 17.3. The molecule has 0 saturated carbocycles. The lowest BCUT2D eigenvalue weighted by atomic mass is 9.89. The molecule has 0 spiro atoms. The molecule has 2 aromatic carbocycles.